The van der Waals surface area contributed by atoms with Gasteiger partial charge < -0.3 is 20.7 Å². The number of rotatable bonds is 4. The summed E-state index contributed by atoms with van der Waals surface area (Å²) >= 11 is 0. The molecule has 2 aliphatic heterocycles. The Labute approximate surface area is 220 Å². The van der Waals surface area contributed by atoms with Crippen LogP contribution in [0.25, 0.3) is 5.57 Å². The van der Waals surface area contributed by atoms with Crippen molar-refractivity contribution in [1.82, 2.24) is 15.1 Å². The SMILES string of the molecule is Cn1nccc1C(=O)NC(C(=O)Nc1ccc2c(c1)NC(=O)C21CCOCC1)=C1CCCc2ccccc21. The molecule has 0 radical (unpaired) electrons. The highest BCUT2D eigenvalue weighted by atomic mass is 16.5. The van der Waals surface area contributed by atoms with Crippen LogP contribution in [0.15, 0.2) is 60.4 Å². The summed E-state index contributed by atoms with van der Waals surface area (Å²) in [7, 11) is 1.68. The molecule has 0 unspecified atom stereocenters. The third kappa shape index (κ3) is 4.09. The second-order valence-corrected chi connectivity index (χ2v) is 10.0. The lowest BCUT2D eigenvalue weighted by Crippen LogP contribution is -2.39. The maximum atomic E-state index is 13.8. The van der Waals surface area contributed by atoms with Crippen molar-refractivity contribution in [2.24, 2.45) is 7.05 Å². The summed E-state index contributed by atoms with van der Waals surface area (Å²) in [5, 5.41) is 12.9. The van der Waals surface area contributed by atoms with E-state index in [9.17, 15) is 14.4 Å². The van der Waals surface area contributed by atoms with Crippen molar-refractivity contribution in [1.29, 1.82) is 0 Å². The minimum atomic E-state index is -0.577. The van der Waals surface area contributed by atoms with Gasteiger partial charge in [0, 0.05) is 37.8 Å². The van der Waals surface area contributed by atoms with E-state index in [4.69, 9.17) is 4.74 Å². The fourth-order valence-electron chi connectivity index (χ4n) is 5.84. The van der Waals surface area contributed by atoms with Crippen molar-refractivity contribution < 1.29 is 19.1 Å². The Balaban J connectivity index is 1.34. The smallest absolute Gasteiger partial charge is 0.274 e. The molecule has 0 atom stereocenters. The van der Waals surface area contributed by atoms with E-state index in [1.807, 2.05) is 30.3 Å². The molecule has 1 spiro atoms. The van der Waals surface area contributed by atoms with Crippen LogP contribution in [0, 0.1) is 0 Å². The zero-order chi connectivity index (χ0) is 26.3. The first kappa shape index (κ1) is 24.1. The number of hydrogen-bond donors (Lipinski definition) is 3. The molecule has 1 aromatic heterocycles. The molecule has 194 valence electrons. The van der Waals surface area contributed by atoms with E-state index in [1.54, 1.807) is 25.4 Å². The fraction of sp³-hybridized carbons (Fsp3) is 0.310. The van der Waals surface area contributed by atoms with Gasteiger partial charge in [-0.05, 0) is 72.6 Å². The van der Waals surface area contributed by atoms with Gasteiger partial charge in [-0.3, -0.25) is 19.1 Å². The Morgan fingerprint density at radius 1 is 1.08 bits per heavy atom. The van der Waals surface area contributed by atoms with Gasteiger partial charge in [0.15, 0.2) is 0 Å². The van der Waals surface area contributed by atoms with Crippen molar-refractivity contribution in [2.75, 3.05) is 23.8 Å². The molecular weight excluding hydrogens is 482 g/mol. The van der Waals surface area contributed by atoms with Crippen molar-refractivity contribution >= 4 is 34.7 Å². The van der Waals surface area contributed by atoms with Crippen LogP contribution in [0.2, 0.25) is 0 Å². The van der Waals surface area contributed by atoms with E-state index in [-0.39, 0.29) is 11.6 Å². The lowest BCUT2D eigenvalue weighted by molar-refractivity contribution is -0.124. The number of allylic oxidation sites excluding steroid dienone is 1. The Hall–Kier alpha value is -4.24. The summed E-state index contributed by atoms with van der Waals surface area (Å²) in [5.74, 6) is -0.852. The fourth-order valence-corrected chi connectivity index (χ4v) is 5.84. The Morgan fingerprint density at radius 3 is 2.68 bits per heavy atom. The molecule has 3 amide bonds. The van der Waals surface area contributed by atoms with Gasteiger partial charge in [0.2, 0.25) is 5.91 Å². The van der Waals surface area contributed by atoms with Crippen LogP contribution >= 0.6 is 0 Å². The minimum Gasteiger partial charge on any atom is -0.381 e. The molecule has 1 fully saturated rings. The average molecular weight is 512 g/mol. The van der Waals surface area contributed by atoms with Crippen LogP contribution in [0.1, 0.15) is 52.9 Å². The van der Waals surface area contributed by atoms with Crippen LogP contribution in [0.5, 0.6) is 0 Å². The van der Waals surface area contributed by atoms with E-state index in [0.29, 0.717) is 49.5 Å². The third-order valence-electron chi connectivity index (χ3n) is 7.86. The number of benzene rings is 2. The zero-order valence-corrected chi connectivity index (χ0v) is 21.2. The lowest BCUT2D eigenvalue weighted by Gasteiger charge is -2.31. The number of aryl methyl sites for hydroxylation is 2. The van der Waals surface area contributed by atoms with Gasteiger partial charge >= 0.3 is 0 Å². The molecule has 3 heterocycles. The van der Waals surface area contributed by atoms with Crippen molar-refractivity contribution in [3.05, 3.63) is 82.8 Å². The van der Waals surface area contributed by atoms with Gasteiger partial charge in [0.25, 0.3) is 11.8 Å². The first-order valence-corrected chi connectivity index (χ1v) is 12.9. The van der Waals surface area contributed by atoms with Gasteiger partial charge in [-0.25, -0.2) is 0 Å². The Morgan fingerprint density at radius 2 is 1.89 bits per heavy atom. The van der Waals surface area contributed by atoms with E-state index < -0.39 is 17.2 Å². The summed E-state index contributed by atoms with van der Waals surface area (Å²) in [6.07, 6.45) is 5.27. The van der Waals surface area contributed by atoms with E-state index in [1.165, 1.54) is 4.68 Å². The number of aromatic nitrogens is 2. The topological polar surface area (TPSA) is 114 Å². The summed E-state index contributed by atoms with van der Waals surface area (Å²) in [6.45, 7) is 1.08. The molecule has 3 N–H and O–H groups in total. The molecule has 1 aliphatic carbocycles. The standard InChI is InChI=1S/C29H29N5O4/c1-34-24(11-14-30-34)26(35)33-25(21-8-4-6-18-5-2-3-7-20(18)21)27(36)31-19-9-10-22-23(17-19)32-28(37)29(22)12-15-38-16-13-29/h2-3,5,7,9-11,14,17H,4,6,8,12-13,15-16H2,1H3,(H,31,36)(H,32,37)(H,33,35). The van der Waals surface area contributed by atoms with Crippen molar-refractivity contribution in [3.63, 3.8) is 0 Å². The average Bonchev–Trinajstić information content (AvgIpc) is 3.47. The number of hydrogen-bond acceptors (Lipinski definition) is 5. The molecule has 9 heteroatoms. The molecular formula is C29H29N5O4. The Kier molecular flexibility index (Phi) is 6.07. The maximum Gasteiger partial charge on any atom is 0.274 e. The number of ether oxygens (including phenoxy) is 1. The van der Waals surface area contributed by atoms with Gasteiger partial charge in [-0.15, -0.1) is 0 Å². The minimum absolute atomic E-state index is 0.0238. The lowest BCUT2D eigenvalue weighted by atomic mass is 9.75. The number of amides is 3. The quantitative estimate of drug-likeness (QED) is 0.464. The van der Waals surface area contributed by atoms with Crippen LogP contribution in [-0.4, -0.2) is 40.7 Å². The molecule has 3 aliphatic rings. The highest BCUT2D eigenvalue weighted by Gasteiger charge is 2.47. The van der Waals surface area contributed by atoms with Crippen LogP contribution in [0.3, 0.4) is 0 Å². The first-order valence-electron chi connectivity index (χ1n) is 12.9. The molecule has 2 aromatic carbocycles. The number of carbonyl (C=O) groups excluding carboxylic acids is 3. The van der Waals surface area contributed by atoms with Gasteiger partial charge in [-0.1, -0.05) is 30.3 Å². The molecule has 38 heavy (non-hydrogen) atoms. The van der Waals surface area contributed by atoms with Gasteiger partial charge in [-0.2, -0.15) is 5.10 Å². The summed E-state index contributed by atoms with van der Waals surface area (Å²) in [6, 6.07) is 15.1. The maximum absolute atomic E-state index is 13.8. The highest BCUT2D eigenvalue weighted by molar-refractivity contribution is 6.13. The van der Waals surface area contributed by atoms with E-state index >= 15 is 0 Å². The molecule has 9 nitrogen and oxygen atoms in total. The van der Waals surface area contributed by atoms with Gasteiger partial charge in [0.1, 0.15) is 11.4 Å². The number of nitrogens with zero attached hydrogens (tertiary/aromatic N) is 2. The summed E-state index contributed by atoms with van der Waals surface area (Å²) in [5.41, 5.74) is 5.08. The summed E-state index contributed by atoms with van der Waals surface area (Å²) in [4.78, 5) is 39.8. The second kappa shape index (κ2) is 9.57. The zero-order valence-electron chi connectivity index (χ0n) is 21.2. The normalized spacial score (nSPS) is 18.8. The largest absolute Gasteiger partial charge is 0.381 e. The number of nitrogens with one attached hydrogen (secondary N) is 3. The molecule has 6 rings (SSSR count). The number of carbonyl (C=O) groups is 3. The Bertz CT molecular complexity index is 1480. The number of fused-ring (bicyclic) bond motifs is 3. The predicted molar refractivity (Wildman–Crippen MR) is 142 cm³/mol. The highest BCUT2D eigenvalue weighted by Crippen LogP contribution is 2.45. The van der Waals surface area contributed by atoms with Crippen LogP contribution < -0.4 is 16.0 Å². The molecule has 3 aromatic rings. The third-order valence-corrected chi connectivity index (χ3v) is 7.86. The molecule has 0 saturated carbocycles. The number of anilines is 2. The van der Waals surface area contributed by atoms with Crippen LogP contribution in [-0.2, 0) is 33.2 Å². The second-order valence-electron chi connectivity index (χ2n) is 10.0. The monoisotopic (exact) mass is 511 g/mol. The molecule has 1 saturated heterocycles. The molecule has 0 bridgehead atoms. The van der Waals surface area contributed by atoms with Crippen LogP contribution in [0.4, 0.5) is 11.4 Å². The van der Waals surface area contributed by atoms with E-state index in [2.05, 4.69) is 27.1 Å². The first-order chi connectivity index (χ1) is 18.5. The predicted octanol–water partition coefficient (Wildman–Crippen LogP) is 3.54. The summed E-state index contributed by atoms with van der Waals surface area (Å²) < 4.78 is 6.96. The van der Waals surface area contributed by atoms with Crippen molar-refractivity contribution in [2.45, 2.75) is 37.5 Å². The van der Waals surface area contributed by atoms with Gasteiger partial charge in [0.05, 0.1) is 5.41 Å². The van der Waals surface area contributed by atoms with Crippen molar-refractivity contribution in [3.8, 4) is 0 Å². The van der Waals surface area contributed by atoms with E-state index in [0.717, 1.165) is 35.1 Å².